The van der Waals surface area contributed by atoms with Crippen molar-refractivity contribution in [3.8, 4) is 22.6 Å². The number of anilines is 3. The Morgan fingerprint density at radius 2 is 1.46 bits per heavy atom. The van der Waals surface area contributed by atoms with E-state index in [1.54, 1.807) is 26.4 Å². The smallest absolute Gasteiger partial charge is 0.162 e. The zero-order valence-electron chi connectivity index (χ0n) is 21.3. The number of hydrogen-bond acceptors (Lipinski definition) is 7. The van der Waals surface area contributed by atoms with Crippen LogP contribution < -0.4 is 25.8 Å². The van der Waals surface area contributed by atoms with Gasteiger partial charge in [0.15, 0.2) is 11.5 Å². The molecule has 0 aliphatic carbocycles. The van der Waals surface area contributed by atoms with Crippen LogP contribution in [0.5, 0.6) is 11.5 Å². The van der Waals surface area contributed by atoms with E-state index < -0.39 is 0 Å². The van der Waals surface area contributed by atoms with Gasteiger partial charge in [0.2, 0.25) is 0 Å². The molecule has 4 rings (SSSR count). The highest BCUT2D eigenvalue weighted by molar-refractivity contribution is 5.76. The van der Waals surface area contributed by atoms with Crippen LogP contribution in [-0.4, -0.2) is 32.7 Å². The predicted octanol–water partition coefficient (Wildman–Crippen LogP) is 5.60. The van der Waals surface area contributed by atoms with Gasteiger partial charge in [0.25, 0.3) is 0 Å². The fourth-order valence-corrected chi connectivity index (χ4v) is 3.62. The topological polar surface area (TPSA) is 106 Å². The van der Waals surface area contributed by atoms with Gasteiger partial charge in [-0.1, -0.05) is 54.6 Å². The summed E-state index contributed by atoms with van der Waals surface area (Å²) >= 11 is 0. The SMILES string of the molecule is CNc1cc(-c2ccc(CO)cc2)ccc1N.COc1ccc(NCc2ccc(C=O)cc2)cc1OC. The fourth-order valence-electron chi connectivity index (χ4n) is 3.62. The molecule has 0 aliphatic heterocycles. The minimum atomic E-state index is 0.0732. The van der Waals surface area contributed by atoms with Crippen LogP contribution in [0.1, 0.15) is 21.5 Å². The van der Waals surface area contributed by atoms with E-state index >= 15 is 0 Å². The third-order valence-corrected chi connectivity index (χ3v) is 5.79. The Morgan fingerprint density at radius 1 is 0.811 bits per heavy atom. The van der Waals surface area contributed by atoms with Gasteiger partial charge in [-0.3, -0.25) is 4.79 Å². The average molecular weight is 500 g/mol. The molecule has 192 valence electrons. The lowest BCUT2D eigenvalue weighted by molar-refractivity contribution is 0.112. The minimum absolute atomic E-state index is 0.0732. The van der Waals surface area contributed by atoms with Gasteiger partial charge in [-0.25, -0.2) is 0 Å². The molecule has 0 atom stereocenters. The lowest BCUT2D eigenvalue weighted by Crippen LogP contribution is -2.00. The minimum Gasteiger partial charge on any atom is -0.493 e. The predicted molar refractivity (Wildman–Crippen MR) is 150 cm³/mol. The zero-order chi connectivity index (χ0) is 26.6. The van der Waals surface area contributed by atoms with Gasteiger partial charge < -0.3 is 30.9 Å². The summed E-state index contributed by atoms with van der Waals surface area (Å²) in [6.45, 7) is 0.748. The molecule has 7 heteroatoms. The highest BCUT2D eigenvalue weighted by Crippen LogP contribution is 2.30. The largest absolute Gasteiger partial charge is 0.493 e. The second-order valence-corrected chi connectivity index (χ2v) is 8.19. The first kappa shape index (κ1) is 27.1. The maximum atomic E-state index is 10.6. The molecule has 0 bridgehead atoms. The van der Waals surface area contributed by atoms with Crippen LogP contribution in [0.4, 0.5) is 17.1 Å². The quantitative estimate of drug-likeness (QED) is 0.175. The molecule has 4 aromatic rings. The first-order valence-corrected chi connectivity index (χ1v) is 11.8. The number of methoxy groups -OCH3 is 2. The van der Waals surface area contributed by atoms with Gasteiger partial charge >= 0.3 is 0 Å². The van der Waals surface area contributed by atoms with E-state index in [2.05, 4.69) is 10.6 Å². The number of nitrogens with two attached hydrogens (primary N) is 1. The number of aliphatic hydroxyl groups is 1. The van der Waals surface area contributed by atoms with E-state index in [9.17, 15) is 4.79 Å². The molecule has 0 spiro atoms. The first-order valence-electron chi connectivity index (χ1n) is 11.8. The van der Waals surface area contributed by atoms with Crippen molar-refractivity contribution >= 4 is 23.3 Å². The number of carbonyl (C=O) groups is 1. The van der Waals surface area contributed by atoms with Gasteiger partial charge in [-0.2, -0.15) is 0 Å². The van der Waals surface area contributed by atoms with Crippen LogP contribution in [0.2, 0.25) is 0 Å². The van der Waals surface area contributed by atoms with Gasteiger partial charge in [-0.15, -0.1) is 0 Å². The normalized spacial score (nSPS) is 10.1. The van der Waals surface area contributed by atoms with E-state index in [0.717, 1.165) is 45.6 Å². The number of aliphatic hydroxyl groups excluding tert-OH is 1. The number of ether oxygens (including phenoxy) is 2. The highest BCUT2D eigenvalue weighted by atomic mass is 16.5. The Labute approximate surface area is 217 Å². The summed E-state index contributed by atoms with van der Waals surface area (Å²) in [5.41, 5.74) is 13.4. The number of hydrogen-bond donors (Lipinski definition) is 4. The molecule has 0 saturated heterocycles. The summed E-state index contributed by atoms with van der Waals surface area (Å²) in [6, 6.07) is 26.9. The number of benzene rings is 4. The monoisotopic (exact) mass is 499 g/mol. The zero-order valence-corrected chi connectivity index (χ0v) is 21.3. The lowest BCUT2D eigenvalue weighted by atomic mass is 10.0. The molecular weight excluding hydrogens is 466 g/mol. The number of nitrogens with one attached hydrogen (secondary N) is 2. The number of rotatable bonds is 9. The van der Waals surface area contributed by atoms with E-state index in [-0.39, 0.29) is 6.61 Å². The Morgan fingerprint density at radius 3 is 2.05 bits per heavy atom. The second kappa shape index (κ2) is 13.6. The van der Waals surface area contributed by atoms with Crippen molar-refractivity contribution in [3.05, 3.63) is 102 Å². The van der Waals surface area contributed by atoms with Crippen molar-refractivity contribution in [1.82, 2.24) is 0 Å². The highest BCUT2D eigenvalue weighted by Gasteiger charge is 2.04. The molecule has 0 fully saturated rings. The van der Waals surface area contributed by atoms with Crippen LogP contribution in [0, 0.1) is 0 Å². The van der Waals surface area contributed by atoms with Crippen molar-refractivity contribution in [2.45, 2.75) is 13.2 Å². The van der Waals surface area contributed by atoms with E-state index in [1.165, 1.54) is 0 Å². The molecule has 0 unspecified atom stereocenters. The third-order valence-electron chi connectivity index (χ3n) is 5.79. The summed E-state index contributed by atoms with van der Waals surface area (Å²) in [4.78, 5) is 10.6. The number of aldehydes is 1. The van der Waals surface area contributed by atoms with Crippen LogP contribution in [-0.2, 0) is 13.2 Å². The third kappa shape index (κ3) is 7.49. The Hall–Kier alpha value is -4.49. The van der Waals surface area contributed by atoms with Crippen molar-refractivity contribution in [1.29, 1.82) is 0 Å². The van der Waals surface area contributed by atoms with E-state index in [4.69, 9.17) is 20.3 Å². The molecule has 4 aromatic carbocycles. The van der Waals surface area contributed by atoms with Gasteiger partial charge in [0.1, 0.15) is 6.29 Å². The van der Waals surface area contributed by atoms with E-state index in [0.29, 0.717) is 23.6 Å². The second-order valence-electron chi connectivity index (χ2n) is 8.19. The average Bonchev–Trinajstić information content (AvgIpc) is 2.96. The Balaban J connectivity index is 0.000000208. The van der Waals surface area contributed by atoms with Crippen molar-refractivity contribution in [2.24, 2.45) is 0 Å². The molecule has 0 saturated carbocycles. The van der Waals surface area contributed by atoms with Crippen molar-refractivity contribution < 1.29 is 19.4 Å². The maximum absolute atomic E-state index is 10.6. The van der Waals surface area contributed by atoms with Crippen LogP contribution in [0.25, 0.3) is 11.1 Å². The van der Waals surface area contributed by atoms with Gasteiger partial charge in [0, 0.05) is 30.9 Å². The van der Waals surface area contributed by atoms with Gasteiger partial charge in [0.05, 0.1) is 32.2 Å². The molecule has 0 heterocycles. The summed E-state index contributed by atoms with van der Waals surface area (Å²) in [5, 5.41) is 15.4. The van der Waals surface area contributed by atoms with Crippen LogP contribution >= 0.6 is 0 Å². The lowest BCUT2D eigenvalue weighted by Gasteiger charge is -2.11. The molecule has 0 amide bonds. The summed E-state index contributed by atoms with van der Waals surface area (Å²) < 4.78 is 10.4. The Kier molecular flexibility index (Phi) is 9.93. The van der Waals surface area contributed by atoms with Crippen molar-refractivity contribution in [3.63, 3.8) is 0 Å². The first-order chi connectivity index (χ1) is 18.0. The molecule has 37 heavy (non-hydrogen) atoms. The van der Waals surface area contributed by atoms with E-state index in [1.807, 2.05) is 79.8 Å². The standard InChI is InChI=1S/C16H17NO3.C14H16N2O/c1-19-15-8-7-14(9-16(15)20-2)17-10-12-3-5-13(11-18)6-4-12;1-16-14-8-12(6-7-13(14)15)11-4-2-10(9-17)3-5-11/h3-9,11,17H,10H2,1-2H3;2-8,16-17H,9,15H2,1H3. The molecule has 0 aromatic heterocycles. The number of nitrogen functional groups attached to an aromatic ring is 1. The van der Waals surface area contributed by atoms with Gasteiger partial charge in [-0.05, 0) is 46.5 Å². The number of carbonyl (C=O) groups excluding carboxylic acids is 1. The molecule has 7 nitrogen and oxygen atoms in total. The molecule has 0 radical (unpaired) electrons. The summed E-state index contributed by atoms with van der Waals surface area (Å²) in [7, 11) is 5.07. The summed E-state index contributed by atoms with van der Waals surface area (Å²) in [5.74, 6) is 1.39. The van der Waals surface area contributed by atoms with Crippen molar-refractivity contribution in [2.75, 3.05) is 37.6 Å². The van der Waals surface area contributed by atoms with Crippen LogP contribution in [0.15, 0.2) is 84.9 Å². The molecule has 0 aliphatic rings. The summed E-state index contributed by atoms with van der Waals surface area (Å²) in [6.07, 6.45) is 0.839. The Bertz CT molecular complexity index is 1290. The maximum Gasteiger partial charge on any atom is 0.162 e. The van der Waals surface area contributed by atoms with Crippen LogP contribution in [0.3, 0.4) is 0 Å². The fraction of sp³-hybridized carbons (Fsp3) is 0.167. The molecular formula is C30H33N3O4. The molecule has 5 N–H and O–H groups in total.